The summed E-state index contributed by atoms with van der Waals surface area (Å²) in [7, 11) is 0. The SMILES string of the molecule is I.Nc1ccc(F)c(F)c1. The van der Waals surface area contributed by atoms with E-state index in [1.807, 2.05) is 0 Å². The molecule has 56 valence electrons. The van der Waals surface area contributed by atoms with E-state index < -0.39 is 11.6 Å². The van der Waals surface area contributed by atoms with Crippen molar-refractivity contribution in [3.8, 4) is 0 Å². The van der Waals surface area contributed by atoms with Crippen molar-refractivity contribution in [2.75, 3.05) is 5.73 Å². The van der Waals surface area contributed by atoms with Crippen LogP contribution in [-0.4, -0.2) is 0 Å². The van der Waals surface area contributed by atoms with Crippen LogP contribution in [0, 0.1) is 11.6 Å². The highest BCUT2D eigenvalue weighted by molar-refractivity contribution is 14.0. The second-order valence-electron chi connectivity index (χ2n) is 1.67. The molecular formula is C6H6F2IN. The number of benzene rings is 1. The van der Waals surface area contributed by atoms with E-state index in [9.17, 15) is 8.78 Å². The number of hydrogen-bond acceptors (Lipinski definition) is 1. The Kier molecular flexibility index (Phi) is 3.55. The van der Waals surface area contributed by atoms with E-state index in [0.717, 1.165) is 12.1 Å². The predicted molar refractivity (Wildman–Crippen MR) is 46.2 cm³/mol. The topological polar surface area (TPSA) is 26.0 Å². The summed E-state index contributed by atoms with van der Waals surface area (Å²) in [5, 5.41) is 0. The summed E-state index contributed by atoms with van der Waals surface area (Å²) in [6, 6.07) is 3.23. The molecule has 0 saturated heterocycles. The van der Waals surface area contributed by atoms with Gasteiger partial charge in [-0.1, -0.05) is 0 Å². The first-order chi connectivity index (χ1) is 4.20. The van der Waals surface area contributed by atoms with Crippen molar-refractivity contribution in [1.29, 1.82) is 0 Å². The molecule has 0 amide bonds. The highest BCUT2D eigenvalue weighted by Crippen LogP contribution is 2.08. The molecular weight excluding hydrogens is 251 g/mol. The fraction of sp³-hybridized carbons (Fsp3) is 0. The molecule has 0 spiro atoms. The second-order valence-corrected chi connectivity index (χ2v) is 1.67. The van der Waals surface area contributed by atoms with Gasteiger partial charge in [0, 0.05) is 5.69 Å². The zero-order valence-electron chi connectivity index (χ0n) is 4.97. The zero-order valence-corrected chi connectivity index (χ0v) is 7.30. The van der Waals surface area contributed by atoms with E-state index in [2.05, 4.69) is 0 Å². The van der Waals surface area contributed by atoms with Crippen LogP contribution in [0.5, 0.6) is 0 Å². The van der Waals surface area contributed by atoms with Crippen LogP contribution < -0.4 is 5.73 Å². The van der Waals surface area contributed by atoms with Gasteiger partial charge in [0.15, 0.2) is 11.6 Å². The summed E-state index contributed by atoms with van der Waals surface area (Å²) >= 11 is 0. The summed E-state index contributed by atoms with van der Waals surface area (Å²) in [6.07, 6.45) is 0. The lowest BCUT2D eigenvalue weighted by Crippen LogP contribution is -1.88. The molecule has 0 unspecified atom stereocenters. The van der Waals surface area contributed by atoms with Crippen LogP contribution in [-0.2, 0) is 0 Å². The van der Waals surface area contributed by atoms with Crippen LogP contribution in [0.3, 0.4) is 0 Å². The molecule has 0 aromatic heterocycles. The minimum absolute atomic E-state index is 0. The van der Waals surface area contributed by atoms with Gasteiger partial charge >= 0.3 is 0 Å². The standard InChI is InChI=1S/C6H5F2N.HI/c7-5-2-1-4(9)3-6(5)8;/h1-3H,9H2;1H. The normalized spacial score (nSPS) is 8.60. The fourth-order valence-electron chi connectivity index (χ4n) is 0.512. The summed E-state index contributed by atoms with van der Waals surface area (Å²) in [4.78, 5) is 0. The molecule has 0 fully saturated rings. The number of nitrogens with two attached hydrogens (primary N) is 1. The van der Waals surface area contributed by atoms with Crippen molar-refractivity contribution >= 4 is 29.7 Å². The van der Waals surface area contributed by atoms with Crippen LogP contribution in [0.25, 0.3) is 0 Å². The first-order valence-corrected chi connectivity index (χ1v) is 2.40. The van der Waals surface area contributed by atoms with Gasteiger partial charge in [-0.2, -0.15) is 0 Å². The van der Waals surface area contributed by atoms with E-state index in [0.29, 0.717) is 0 Å². The highest BCUT2D eigenvalue weighted by atomic mass is 127. The molecule has 0 bridgehead atoms. The monoisotopic (exact) mass is 257 g/mol. The van der Waals surface area contributed by atoms with Crippen LogP contribution in [0.4, 0.5) is 14.5 Å². The van der Waals surface area contributed by atoms with Gasteiger partial charge in [-0.3, -0.25) is 0 Å². The first kappa shape index (κ1) is 9.61. The van der Waals surface area contributed by atoms with E-state index in [4.69, 9.17) is 5.73 Å². The number of nitrogen functional groups attached to an aromatic ring is 1. The van der Waals surface area contributed by atoms with Crippen molar-refractivity contribution in [3.63, 3.8) is 0 Å². The van der Waals surface area contributed by atoms with E-state index in [1.54, 1.807) is 0 Å². The Hall–Kier alpha value is -0.390. The van der Waals surface area contributed by atoms with Gasteiger partial charge < -0.3 is 5.73 Å². The fourth-order valence-corrected chi connectivity index (χ4v) is 0.512. The van der Waals surface area contributed by atoms with Crippen LogP contribution in [0.15, 0.2) is 18.2 Å². The molecule has 1 aromatic carbocycles. The molecule has 0 aliphatic carbocycles. The molecule has 0 aliphatic heterocycles. The Morgan fingerprint density at radius 3 is 2.10 bits per heavy atom. The molecule has 1 nitrogen and oxygen atoms in total. The third-order valence-electron chi connectivity index (χ3n) is 0.944. The van der Waals surface area contributed by atoms with Crippen LogP contribution in [0.2, 0.25) is 0 Å². The number of anilines is 1. The lowest BCUT2D eigenvalue weighted by atomic mass is 10.3. The molecule has 1 rings (SSSR count). The Morgan fingerprint density at radius 1 is 1.10 bits per heavy atom. The minimum Gasteiger partial charge on any atom is -0.399 e. The molecule has 0 radical (unpaired) electrons. The molecule has 1 aromatic rings. The lowest BCUT2D eigenvalue weighted by molar-refractivity contribution is 0.509. The Labute approximate surface area is 74.2 Å². The third kappa shape index (κ3) is 2.09. The van der Waals surface area contributed by atoms with Crippen LogP contribution in [0.1, 0.15) is 0 Å². The molecule has 0 saturated carbocycles. The molecule has 0 atom stereocenters. The van der Waals surface area contributed by atoms with Crippen molar-refractivity contribution in [2.24, 2.45) is 0 Å². The maximum atomic E-state index is 12.1. The molecule has 10 heavy (non-hydrogen) atoms. The average molecular weight is 257 g/mol. The van der Waals surface area contributed by atoms with Crippen LogP contribution >= 0.6 is 24.0 Å². The number of rotatable bonds is 0. The van der Waals surface area contributed by atoms with Gasteiger partial charge in [0.1, 0.15) is 0 Å². The average Bonchev–Trinajstić information content (AvgIpc) is 1.80. The Bertz CT molecular complexity index is 227. The third-order valence-corrected chi connectivity index (χ3v) is 0.944. The molecule has 0 aliphatic rings. The van der Waals surface area contributed by atoms with Crippen molar-refractivity contribution in [2.45, 2.75) is 0 Å². The van der Waals surface area contributed by atoms with Gasteiger partial charge in [-0.25, -0.2) is 8.78 Å². The summed E-state index contributed by atoms with van der Waals surface area (Å²) in [5.41, 5.74) is 5.35. The summed E-state index contributed by atoms with van der Waals surface area (Å²) < 4.78 is 24.2. The Balaban J connectivity index is 0.000000810. The Morgan fingerprint density at radius 2 is 1.70 bits per heavy atom. The van der Waals surface area contributed by atoms with E-state index in [-0.39, 0.29) is 29.7 Å². The maximum Gasteiger partial charge on any atom is 0.160 e. The molecule has 0 heterocycles. The first-order valence-electron chi connectivity index (χ1n) is 2.40. The van der Waals surface area contributed by atoms with E-state index in [1.165, 1.54) is 6.07 Å². The predicted octanol–water partition coefficient (Wildman–Crippen LogP) is 2.17. The smallest absolute Gasteiger partial charge is 0.160 e. The summed E-state index contributed by atoms with van der Waals surface area (Å²) in [5.74, 6) is -1.78. The lowest BCUT2D eigenvalue weighted by Gasteiger charge is -1.91. The maximum absolute atomic E-state index is 12.1. The van der Waals surface area contributed by atoms with Gasteiger partial charge in [0.05, 0.1) is 0 Å². The van der Waals surface area contributed by atoms with E-state index >= 15 is 0 Å². The number of halogens is 3. The van der Waals surface area contributed by atoms with Gasteiger partial charge in [0.2, 0.25) is 0 Å². The van der Waals surface area contributed by atoms with Crippen molar-refractivity contribution in [1.82, 2.24) is 0 Å². The highest BCUT2D eigenvalue weighted by Gasteiger charge is 1.97. The quantitative estimate of drug-likeness (QED) is 0.559. The van der Waals surface area contributed by atoms with Gasteiger partial charge in [-0.15, -0.1) is 24.0 Å². The number of hydrogen-bond donors (Lipinski definition) is 1. The van der Waals surface area contributed by atoms with Gasteiger partial charge in [-0.05, 0) is 18.2 Å². The largest absolute Gasteiger partial charge is 0.399 e. The minimum atomic E-state index is -0.907. The molecule has 4 heteroatoms. The summed E-state index contributed by atoms with van der Waals surface area (Å²) in [6.45, 7) is 0. The van der Waals surface area contributed by atoms with Crippen molar-refractivity contribution in [3.05, 3.63) is 29.8 Å². The molecule has 2 N–H and O–H groups in total. The second kappa shape index (κ2) is 3.70. The zero-order chi connectivity index (χ0) is 6.85. The van der Waals surface area contributed by atoms with Gasteiger partial charge in [0.25, 0.3) is 0 Å². The van der Waals surface area contributed by atoms with Crippen molar-refractivity contribution < 1.29 is 8.78 Å².